The summed E-state index contributed by atoms with van der Waals surface area (Å²) in [5.41, 5.74) is 2.51. The van der Waals surface area contributed by atoms with Crippen LogP contribution in [0.15, 0.2) is 29.1 Å². The molecule has 4 heteroatoms. The van der Waals surface area contributed by atoms with Crippen LogP contribution in [-0.2, 0) is 0 Å². The minimum atomic E-state index is -0.132. The first-order chi connectivity index (χ1) is 8.41. The van der Waals surface area contributed by atoms with E-state index in [0.29, 0.717) is 0 Å². The molecule has 2 N–H and O–H groups in total. The number of aryl methyl sites for hydroxylation is 1. The number of fused-ring (bicyclic) bond motifs is 1. The maximum atomic E-state index is 12.2. The van der Waals surface area contributed by atoms with Crippen LogP contribution >= 0.6 is 0 Å². The van der Waals surface area contributed by atoms with E-state index in [0.717, 1.165) is 22.0 Å². The van der Waals surface area contributed by atoms with Gasteiger partial charge in [-0.25, -0.2) is 4.68 Å². The van der Waals surface area contributed by atoms with Crippen molar-refractivity contribution < 1.29 is 0 Å². The third-order valence-electron chi connectivity index (χ3n) is 3.44. The molecule has 0 saturated carbocycles. The van der Waals surface area contributed by atoms with E-state index in [1.165, 1.54) is 4.68 Å². The van der Waals surface area contributed by atoms with Gasteiger partial charge in [0.15, 0.2) is 0 Å². The molecule has 18 heavy (non-hydrogen) atoms. The van der Waals surface area contributed by atoms with Crippen molar-refractivity contribution in [3.63, 3.8) is 0 Å². The Labute approximate surface area is 107 Å². The van der Waals surface area contributed by atoms with Gasteiger partial charge in [-0.2, -0.15) is 0 Å². The third kappa shape index (κ3) is 1.99. The van der Waals surface area contributed by atoms with E-state index in [2.05, 4.69) is 0 Å². The number of pyridine rings is 1. The molecule has 2 aromatic rings. The van der Waals surface area contributed by atoms with Crippen LogP contribution in [0.5, 0.6) is 0 Å². The molecule has 0 fully saturated rings. The van der Waals surface area contributed by atoms with Crippen LogP contribution in [0, 0.1) is 6.92 Å². The Morgan fingerprint density at radius 2 is 1.94 bits per heavy atom. The molecule has 0 amide bonds. The van der Waals surface area contributed by atoms with Gasteiger partial charge < -0.3 is 10.7 Å². The van der Waals surface area contributed by atoms with Gasteiger partial charge in [0.05, 0.1) is 5.52 Å². The van der Waals surface area contributed by atoms with E-state index in [9.17, 15) is 4.79 Å². The summed E-state index contributed by atoms with van der Waals surface area (Å²) in [5.74, 6) is 5.89. The fraction of sp³-hybridized carbons (Fsp3) is 0.357. The average Bonchev–Trinajstić information content (AvgIpc) is 2.32. The van der Waals surface area contributed by atoms with Gasteiger partial charge in [0.25, 0.3) is 5.56 Å². The third-order valence-corrected chi connectivity index (χ3v) is 3.44. The smallest absolute Gasteiger partial charge is 0.273 e. The summed E-state index contributed by atoms with van der Waals surface area (Å²) in [5, 5.41) is 1.00. The highest BCUT2D eigenvalue weighted by atomic mass is 16.1. The molecule has 2 rings (SSSR count). The fourth-order valence-electron chi connectivity index (χ4n) is 2.06. The van der Waals surface area contributed by atoms with E-state index in [4.69, 9.17) is 5.84 Å². The molecule has 1 aromatic heterocycles. The molecule has 0 aliphatic heterocycles. The molecule has 0 aliphatic carbocycles. The van der Waals surface area contributed by atoms with Crippen LogP contribution in [0.25, 0.3) is 10.9 Å². The van der Waals surface area contributed by atoms with Crippen LogP contribution in [0.4, 0.5) is 0 Å². The number of nitrogen functional groups attached to an aromatic ring is 1. The second-order valence-corrected chi connectivity index (χ2v) is 4.98. The van der Waals surface area contributed by atoms with Crippen LogP contribution in [0.1, 0.15) is 24.1 Å². The standard InChI is InChI=1S/C14H19N3O/c1-9-5-6-13-11(7-9)8-12(10(2)16(3)4)14(18)17(13)15/h5-8,10H,15H2,1-4H3. The summed E-state index contributed by atoms with van der Waals surface area (Å²) in [6.45, 7) is 4.03. The zero-order valence-electron chi connectivity index (χ0n) is 11.3. The Morgan fingerprint density at radius 3 is 2.56 bits per heavy atom. The number of rotatable bonds is 2. The number of benzene rings is 1. The van der Waals surface area contributed by atoms with Gasteiger partial charge in [-0.05, 0) is 46.1 Å². The summed E-state index contributed by atoms with van der Waals surface area (Å²) in [7, 11) is 3.90. The molecule has 0 radical (unpaired) electrons. The van der Waals surface area contributed by atoms with Crippen LogP contribution in [0.2, 0.25) is 0 Å². The highest BCUT2D eigenvalue weighted by Gasteiger charge is 2.15. The molecule has 4 nitrogen and oxygen atoms in total. The lowest BCUT2D eigenvalue weighted by atomic mass is 10.1. The number of hydrogen-bond donors (Lipinski definition) is 1. The van der Waals surface area contributed by atoms with Gasteiger partial charge in [-0.1, -0.05) is 11.6 Å². The van der Waals surface area contributed by atoms with Crippen molar-refractivity contribution in [2.45, 2.75) is 19.9 Å². The van der Waals surface area contributed by atoms with Gasteiger partial charge in [0.1, 0.15) is 0 Å². The van der Waals surface area contributed by atoms with E-state index in [1.54, 1.807) is 0 Å². The van der Waals surface area contributed by atoms with Gasteiger partial charge in [0.2, 0.25) is 0 Å². The van der Waals surface area contributed by atoms with Crippen molar-refractivity contribution in [1.82, 2.24) is 9.58 Å². The Bertz CT molecular complexity index is 643. The van der Waals surface area contributed by atoms with Gasteiger partial charge in [0, 0.05) is 17.0 Å². The molecule has 0 aliphatic rings. The molecule has 1 atom stereocenters. The van der Waals surface area contributed by atoms with E-state index >= 15 is 0 Å². The van der Waals surface area contributed by atoms with Crippen LogP contribution in [-0.4, -0.2) is 23.7 Å². The monoisotopic (exact) mass is 245 g/mol. The summed E-state index contributed by atoms with van der Waals surface area (Å²) in [4.78, 5) is 14.2. The second kappa shape index (κ2) is 4.46. The topological polar surface area (TPSA) is 51.3 Å². The molecular weight excluding hydrogens is 226 g/mol. The highest BCUT2D eigenvalue weighted by molar-refractivity contribution is 5.80. The number of hydrogen-bond acceptors (Lipinski definition) is 3. The fourth-order valence-corrected chi connectivity index (χ4v) is 2.06. The Hall–Kier alpha value is -1.81. The van der Waals surface area contributed by atoms with E-state index in [-0.39, 0.29) is 11.6 Å². The SMILES string of the molecule is Cc1ccc2c(c1)cc(C(C)N(C)C)c(=O)n2N. The number of aromatic nitrogens is 1. The van der Waals surface area contributed by atoms with Crippen molar-refractivity contribution in [2.24, 2.45) is 0 Å². The van der Waals surface area contributed by atoms with E-state index in [1.807, 2.05) is 57.1 Å². The number of nitrogens with two attached hydrogens (primary N) is 1. The first-order valence-corrected chi connectivity index (χ1v) is 5.99. The summed E-state index contributed by atoms with van der Waals surface area (Å²) >= 11 is 0. The van der Waals surface area contributed by atoms with Crippen molar-refractivity contribution in [3.8, 4) is 0 Å². The van der Waals surface area contributed by atoms with Gasteiger partial charge in [-0.15, -0.1) is 0 Å². The molecular formula is C14H19N3O. The predicted molar refractivity (Wildman–Crippen MR) is 75.2 cm³/mol. The van der Waals surface area contributed by atoms with Crippen LogP contribution in [0.3, 0.4) is 0 Å². The van der Waals surface area contributed by atoms with Crippen molar-refractivity contribution >= 4 is 10.9 Å². The normalized spacial score (nSPS) is 13.2. The highest BCUT2D eigenvalue weighted by Crippen LogP contribution is 2.19. The molecule has 0 saturated heterocycles. The Kier molecular flexibility index (Phi) is 3.13. The number of nitrogens with zero attached hydrogens (tertiary/aromatic N) is 2. The Balaban J connectivity index is 2.77. The summed E-state index contributed by atoms with van der Waals surface area (Å²) in [6, 6.07) is 7.87. The molecule has 0 spiro atoms. The maximum Gasteiger partial charge on any atom is 0.273 e. The summed E-state index contributed by atoms with van der Waals surface area (Å²) < 4.78 is 1.24. The second-order valence-electron chi connectivity index (χ2n) is 4.98. The lowest BCUT2D eigenvalue weighted by Crippen LogP contribution is -2.33. The van der Waals surface area contributed by atoms with Crippen LogP contribution < -0.4 is 11.4 Å². The maximum absolute atomic E-state index is 12.2. The molecule has 0 bridgehead atoms. The van der Waals surface area contributed by atoms with Crippen molar-refractivity contribution in [1.29, 1.82) is 0 Å². The van der Waals surface area contributed by atoms with E-state index < -0.39 is 0 Å². The molecule has 1 aromatic carbocycles. The van der Waals surface area contributed by atoms with Gasteiger partial charge >= 0.3 is 0 Å². The molecule has 96 valence electrons. The van der Waals surface area contributed by atoms with Crippen molar-refractivity contribution in [3.05, 3.63) is 45.7 Å². The average molecular weight is 245 g/mol. The zero-order valence-corrected chi connectivity index (χ0v) is 11.3. The first kappa shape index (κ1) is 12.6. The first-order valence-electron chi connectivity index (χ1n) is 5.99. The lowest BCUT2D eigenvalue weighted by Gasteiger charge is -2.20. The lowest BCUT2D eigenvalue weighted by molar-refractivity contribution is 0.318. The largest absolute Gasteiger partial charge is 0.336 e. The minimum Gasteiger partial charge on any atom is -0.336 e. The zero-order chi connectivity index (χ0) is 13.4. The Morgan fingerprint density at radius 1 is 1.28 bits per heavy atom. The predicted octanol–water partition coefficient (Wildman–Crippen LogP) is 1.65. The quantitative estimate of drug-likeness (QED) is 0.818. The minimum absolute atomic E-state index is 0.0391. The summed E-state index contributed by atoms with van der Waals surface area (Å²) in [6.07, 6.45) is 0. The van der Waals surface area contributed by atoms with Crippen molar-refractivity contribution in [2.75, 3.05) is 19.9 Å². The molecule has 1 heterocycles. The van der Waals surface area contributed by atoms with Gasteiger partial charge in [-0.3, -0.25) is 4.79 Å². The molecule has 1 unspecified atom stereocenters.